The van der Waals surface area contributed by atoms with E-state index in [1.807, 2.05) is 32.0 Å². The first-order chi connectivity index (χ1) is 15.8. The number of hydrogen-bond acceptors (Lipinski definition) is 3. The second-order valence-electron chi connectivity index (χ2n) is 8.34. The van der Waals surface area contributed by atoms with E-state index in [1.165, 1.54) is 17.0 Å². The second kappa shape index (κ2) is 11.7. The number of benzene rings is 2. The quantitative estimate of drug-likeness (QED) is 0.372. The topological polar surface area (TPSA) is 53.8 Å². The molecule has 2 aromatic carbocycles. The molecule has 33 heavy (non-hydrogen) atoms. The number of alkyl halides is 1. The van der Waals surface area contributed by atoms with Gasteiger partial charge in [-0.3, -0.25) is 9.59 Å². The summed E-state index contributed by atoms with van der Waals surface area (Å²) < 4.78 is 18.8. The van der Waals surface area contributed by atoms with Crippen LogP contribution in [0.25, 0.3) is 0 Å². The maximum Gasteiger partial charge on any atom is 0.245 e. The van der Waals surface area contributed by atoms with Crippen LogP contribution in [0.4, 0.5) is 4.39 Å². The Bertz CT molecular complexity index is 1020. The molecule has 0 radical (unpaired) electrons. The molecule has 3 aromatic rings. The van der Waals surface area contributed by atoms with Crippen LogP contribution in [-0.2, 0) is 22.7 Å². The molecule has 3 rings (SSSR count). The van der Waals surface area contributed by atoms with Crippen molar-refractivity contribution < 1.29 is 18.4 Å². The van der Waals surface area contributed by atoms with Gasteiger partial charge in [-0.1, -0.05) is 56.3 Å². The fourth-order valence-corrected chi connectivity index (χ4v) is 3.78. The van der Waals surface area contributed by atoms with Gasteiger partial charge in [-0.05, 0) is 41.3 Å². The maximum atomic E-state index is 13.4. The molecule has 1 unspecified atom stereocenters. The van der Waals surface area contributed by atoms with Crippen molar-refractivity contribution in [2.45, 2.75) is 32.3 Å². The zero-order valence-corrected chi connectivity index (χ0v) is 19.5. The van der Waals surface area contributed by atoms with Gasteiger partial charge in [0, 0.05) is 13.1 Å². The summed E-state index contributed by atoms with van der Waals surface area (Å²) >= 11 is 6.49. The highest BCUT2D eigenvalue weighted by Gasteiger charge is 2.28. The summed E-state index contributed by atoms with van der Waals surface area (Å²) in [5, 5.41) is -0.881. The average molecular weight is 471 g/mol. The van der Waals surface area contributed by atoms with Crippen LogP contribution in [0.2, 0.25) is 0 Å². The van der Waals surface area contributed by atoms with Crippen LogP contribution in [0.3, 0.4) is 0 Å². The fraction of sp³-hybridized carbons (Fsp3) is 0.308. The van der Waals surface area contributed by atoms with Crippen molar-refractivity contribution in [2.24, 2.45) is 5.92 Å². The van der Waals surface area contributed by atoms with E-state index in [0.717, 1.165) is 5.56 Å². The molecule has 0 aliphatic carbocycles. The number of amides is 2. The number of halogens is 2. The largest absolute Gasteiger partial charge is 0.467 e. The van der Waals surface area contributed by atoms with Gasteiger partial charge in [-0.25, -0.2) is 4.39 Å². The molecule has 0 bridgehead atoms. The zero-order chi connectivity index (χ0) is 23.8. The number of hydrogen-bond donors (Lipinski definition) is 0. The first-order valence-corrected chi connectivity index (χ1v) is 11.3. The van der Waals surface area contributed by atoms with Gasteiger partial charge >= 0.3 is 0 Å². The Labute approximate surface area is 198 Å². The Kier molecular flexibility index (Phi) is 8.66. The van der Waals surface area contributed by atoms with Crippen LogP contribution < -0.4 is 0 Å². The van der Waals surface area contributed by atoms with Crippen molar-refractivity contribution in [3.8, 4) is 0 Å². The lowest BCUT2D eigenvalue weighted by Crippen LogP contribution is -2.44. The molecule has 0 saturated carbocycles. The van der Waals surface area contributed by atoms with Crippen molar-refractivity contribution in [3.63, 3.8) is 0 Å². The minimum atomic E-state index is -0.881. The third kappa shape index (κ3) is 7.19. The molecule has 0 N–H and O–H groups in total. The highest BCUT2D eigenvalue weighted by atomic mass is 35.5. The zero-order valence-electron chi connectivity index (χ0n) is 18.8. The minimum Gasteiger partial charge on any atom is -0.467 e. The molecule has 1 heterocycles. The maximum absolute atomic E-state index is 13.4. The van der Waals surface area contributed by atoms with Crippen LogP contribution in [0.1, 0.15) is 36.1 Å². The molecule has 7 heteroatoms. The number of carbonyl (C=O) groups is 2. The predicted molar refractivity (Wildman–Crippen MR) is 126 cm³/mol. The van der Waals surface area contributed by atoms with E-state index >= 15 is 0 Å². The van der Waals surface area contributed by atoms with Crippen LogP contribution in [0.15, 0.2) is 77.4 Å². The predicted octanol–water partition coefficient (Wildman–Crippen LogP) is 5.41. The van der Waals surface area contributed by atoms with Gasteiger partial charge in [0.2, 0.25) is 11.8 Å². The van der Waals surface area contributed by atoms with Gasteiger partial charge in [0.1, 0.15) is 17.0 Å². The van der Waals surface area contributed by atoms with E-state index in [-0.39, 0.29) is 43.2 Å². The summed E-state index contributed by atoms with van der Waals surface area (Å²) in [4.78, 5) is 29.7. The van der Waals surface area contributed by atoms with E-state index < -0.39 is 5.38 Å². The van der Waals surface area contributed by atoms with Gasteiger partial charge in [0.25, 0.3) is 0 Å². The van der Waals surface area contributed by atoms with Gasteiger partial charge in [0.15, 0.2) is 0 Å². The monoisotopic (exact) mass is 470 g/mol. The Balaban J connectivity index is 1.79. The van der Waals surface area contributed by atoms with E-state index in [0.29, 0.717) is 17.9 Å². The molecule has 2 amide bonds. The third-order valence-electron chi connectivity index (χ3n) is 5.10. The van der Waals surface area contributed by atoms with Gasteiger partial charge in [-0.15, -0.1) is 11.6 Å². The van der Waals surface area contributed by atoms with Crippen molar-refractivity contribution >= 4 is 23.4 Å². The van der Waals surface area contributed by atoms with Crippen LogP contribution in [0, 0.1) is 11.7 Å². The van der Waals surface area contributed by atoms with Gasteiger partial charge in [0.05, 0.1) is 19.4 Å². The fourth-order valence-electron chi connectivity index (χ4n) is 3.49. The highest BCUT2D eigenvalue weighted by Crippen LogP contribution is 2.23. The molecule has 0 aliphatic heterocycles. The van der Waals surface area contributed by atoms with Crippen LogP contribution in [0.5, 0.6) is 0 Å². The number of rotatable bonds is 10. The van der Waals surface area contributed by atoms with Crippen molar-refractivity contribution in [3.05, 3.63) is 95.7 Å². The van der Waals surface area contributed by atoms with Crippen LogP contribution >= 0.6 is 11.6 Å². The van der Waals surface area contributed by atoms with E-state index in [9.17, 15) is 14.0 Å². The lowest BCUT2D eigenvalue weighted by atomic mass is 10.1. The molecule has 1 aromatic heterocycles. The first kappa shape index (κ1) is 24.5. The Morgan fingerprint density at radius 3 is 2.24 bits per heavy atom. The summed E-state index contributed by atoms with van der Waals surface area (Å²) in [6.45, 7) is 4.73. The number of carbonyl (C=O) groups excluding carboxylic acids is 2. The molecule has 0 aliphatic rings. The lowest BCUT2D eigenvalue weighted by Gasteiger charge is -2.29. The van der Waals surface area contributed by atoms with Crippen molar-refractivity contribution in [1.29, 1.82) is 0 Å². The molecular formula is C26H28ClFN2O3. The molecule has 0 spiro atoms. The number of furan rings is 1. The third-order valence-corrected chi connectivity index (χ3v) is 5.54. The summed E-state index contributed by atoms with van der Waals surface area (Å²) in [6, 6.07) is 18.6. The molecule has 0 fully saturated rings. The first-order valence-electron chi connectivity index (χ1n) is 10.9. The Hall–Kier alpha value is -3.12. The van der Waals surface area contributed by atoms with Crippen molar-refractivity contribution in [2.75, 3.05) is 13.1 Å². The van der Waals surface area contributed by atoms with E-state index in [1.54, 1.807) is 47.6 Å². The molecule has 0 saturated heterocycles. The van der Waals surface area contributed by atoms with Crippen molar-refractivity contribution in [1.82, 2.24) is 9.80 Å². The summed E-state index contributed by atoms with van der Waals surface area (Å²) in [7, 11) is 0. The highest BCUT2D eigenvalue weighted by molar-refractivity contribution is 6.30. The summed E-state index contributed by atoms with van der Waals surface area (Å²) in [5.41, 5.74) is 1.46. The Morgan fingerprint density at radius 2 is 1.64 bits per heavy atom. The normalized spacial score (nSPS) is 11.9. The summed E-state index contributed by atoms with van der Waals surface area (Å²) in [5.74, 6) is -0.138. The smallest absolute Gasteiger partial charge is 0.245 e. The second-order valence-corrected chi connectivity index (χ2v) is 8.78. The van der Waals surface area contributed by atoms with E-state index in [2.05, 4.69) is 0 Å². The summed E-state index contributed by atoms with van der Waals surface area (Å²) in [6.07, 6.45) is 1.54. The molecular weight excluding hydrogens is 443 g/mol. The Morgan fingerprint density at radius 1 is 0.939 bits per heavy atom. The van der Waals surface area contributed by atoms with Gasteiger partial charge in [-0.2, -0.15) is 0 Å². The molecule has 174 valence electrons. The minimum absolute atomic E-state index is 0.116. The lowest BCUT2D eigenvalue weighted by molar-refractivity contribution is -0.141. The average Bonchev–Trinajstić information content (AvgIpc) is 3.32. The molecule has 1 atom stereocenters. The SMILES string of the molecule is CC(C)CN(CC(=O)N(Cc1ccc(F)cc1)Cc1ccco1)C(=O)C(Cl)c1ccccc1. The number of nitrogens with zero attached hydrogens (tertiary/aromatic N) is 2. The van der Waals surface area contributed by atoms with Crippen LogP contribution in [-0.4, -0.2) is 34.7 Å². The van der Waals surface area contributed by atoms with Gasteiger partial charge < -0.3 is 14.2 Å². The standard InChI is InChI=1S/C26H28ClFN2O3/c1-19(2)15-30(26(32)25(27)21-7-4-3-5-8-21)18-24(31)29(17-23-9-6-14-33-23)16-20-10-12-22(28)13-11-20/h3-14,19,25H,15-18H2,1-2H3. The van der Waals surface area contributed by atoms with E-state index in [4.69, 9.17) is 16.0 Å². The molecule has 5 nitrogen and oxygen atoms in total.